The van der Waals surface area contributed by atoms with E-state index in [1.165, 1.54) is 0 Å². The van der Waals surface area contributed by atoms with Crippen molar-refractivity contribution >= 4 is 44.8 Å². The zero-order valence-corrected chi connectivity index (χ0v) is 11.0. The van der Waals surface area contributed by atoms with Crippen LogP contribution < -0.4 is 0 Å². The largest absolute Gasteiger partial charge is 0.358 e. The molecule has 0 rings (SSSR count). The second kappa shape index (κ2) is 8.30. The Morgan fingerprint density at radius 2 is 1.60 bits per heavy atom. The number of hydrogen-bond donors (Lipinski definition) is 0. The Balaban J connectivity index is 6.02. The van der Waals surface area contributed by atoms with Crippen LogP contribution in [0.1, 0.15) is 41.3 Å². The molecule has 0 aliphatic rings. The van der Waals surface area contributed by atoms with Crippen LogP contribution in [0.4, 0.5) is 0 Å². The SMILES string of the molecule is [2H]C([2H])([2H])C([2H])([2H])N(C(=S)SC(=S)N(CC)CC)C([2H])([2H])C([2H])([2H])[2H]. The van der Waals surface area contributed by atoms with Crippen LogP contribution in [0.5, 0.6) is 0 Å². The van der Waals surface area contributed by atoms with Crippen molar-refractivity contribution in [2.75, 3.05) is 26.1 Å². The number of thiocarbonyl (C=S) groups is 2. The van der Waals surface area contributed by atoms with Crippen LogP contribution in [0, 0.1) is 0 Å². The Morgan fingerprint density at radius 3 is 2.00 bits per heavy atom. The third-order valence-electron chi connectivity index (χ3n) is 1.60. The number of thioether (sulfide) groups is 1. The molecule has 0 radical (unpaired) electrons. The summed E-state index contributed by atoms with van der Waals surface area (Å²) >= 11 is 10.7. The van der Waals surface area contributed by atoms with Gasteiger partial charge in [-0.25, -0.2) is 0 Å². The van der Waals surface area contributed by atoms with Gasteiger partial charge in [0, 0.05) is 39.8 Å². The smallest absolute Gasteiger partial charge is 0.143 e. The summed E-state index contributed by atoms with van der Waals surface area (Å²) in [5.74, 6) is 0. The molecular weight excluding hydrogens is 244 g/mol. The van der Waals surface area contributed by atoms with Crippen LogP contribution in [-0.2, 0) is 0 Å². The minimum atomic E-state index is -3.35. The van der Waals surface area contributed by atoms with Crippen LogP contribution in [0.2, 0.25) is 0 Å². The fraction of sp³-hybridized carbons (Fsp3) is 0.800. The molecule has 0 saturated heterocycles. The van der Waals surface area contributed by atoms with Crippen LogP contribution in [0.3, 0.4) is 0 Å². The van der Waals surface area contributed by atoms with Crippen molar-refractivity contribution in [2.24, 2.45) is 0 Å². The van der Waals surface area contributed by atoms with E-state index in [0.717, 1.165) is 0 Å². The van der Waals surface area contributed by atoms with Crippen molar-refractivity contribution in [1.82, 2.24) is 9.80 Å². The predicted molar refractivity (Wildman–Crippen MR) is 78.6 cm³/mol. The topological polar surface area (TPSA) is 6.48 Å². The Kier molecular flexibility index (Phi) is 2.87. The first-order valence-electron chi connectivity index (χ1n) is 9.26. The zero-order chi connectivity index (χ0) is 20.4. The quantitative estimate of drug-likeness (QED) is 0.725. The summed E-state index contributed by atoms with van der Waals surface area (Å²) < 4.78 is 74.9. The third kappa shape index (κ3) is 5.13. The van der Waals surface area contributed by atoms with Crippen molar-refractivity contribution in [3.05, 3.63) is 0 Å². The van der Waals surface area contributed by atoms with Crippen molar-refractivity contribution in [3.8, 4) is 0 Å². The van der Waals surface area contributed by atoms with Crippen molar-refractivity contribution in [1.29, 1.82) is 0 Å². The fourth-order valence-corrected chi connectivity index (χ4v) is 2.49. The third-order valence-corrected chi connectivity index (χ3v) is 3.33. The van der Waals surface area contributed by atoms with Crippen molar-refractivity contribution < 1.29 is 13.7 Å². The van der Waals surface area contributed by atoms with E-state index >= 15 is 0 Å². The summed E-state index contributed by atoms with van der Waals surface area (Å²) in [6, 6.07) is 0. The van der Waals surface area contributed by atoms with E-state index in [2.05, 4.69) is 0 Å². The van der Waals surface area contributed by atoms with E-state index in [9.17, 15) is 0 Å². The molecule has 0 saturated carbocycles. The fourth-order valence-electron chi connectivity index (χ4n) is 0.786. The van der Waals surface area contributed by atoms with Gasteiger partial charge in [-0.1, -0.05) is 24.4 Å². The summed E-state index contributed by atoms with van der Waals surface area (Å²) in [6.07, 6.45) is 0. The maximum Gasteiger partial charge on any atom is 0.143 e. The van der Waals surface area contributed by atoms with Gasteiger partial charge >= 0.3 is 0 Å². The summed E-state index contributed by atoms with van der Waals surface area (Å²) in [5.41, 5.74) is 0. The Labute approximate surface area is 122 Å². The molecule has 2 nitrogen and oxygen atoms in total. The number of rotatable bonds is 4. The molecule has 0 spiro atoms. The zero-order valence-electron chi connectivity index (χ0n) is 18.5. The van der Waals surface area contributed by atoms with E-state index in [0.29, 0.717) is 24.9 Å². The molecule has 0 aliphatic heterocycles. The number of nitrogens with zero attached hydrogens (tertiary/aromatic N) is 2. The minimum absolute atomic E-state index is 0.0181. The van der Waals surface area contributed by atoms with Gasteiger partial charge in [-0.2, -0.15) is 0 Å². The molecule has 0 N–H and O–H groups in total. The Bertz CT molecular complexity index is 472. The molecule has 0 amide bonds. The highest BCUT2D eigenvalue weighted by Crippen LogP contribution is 2.14. The molecule has 0 aliphatic carbocycles. The molecule has 0 bridgehead atoms. The molecule has 0 heterocycles. The van der Waals surface area contributed by atoms with Crippen molar-refractivity contribution in [3.63, 3.8) is 0 Å². The van der Waals surface area contributed by atoms with Gasteiger partial charge in [-0.3, -0.25) is 0 Å². The second-order valence-electron chi connectivity index (χ2n) is 2.37. The highest BCUT2D eigenvalue weighted by atomic mass is 32.2. The normalized spacial score (nSPS) is 23.3. The van der Waals surface area contributed by atoms with Crippen LogP contribution in [-0.4, -0.2) is 44.5 Å². The van der Waals surface area contributed by atoms with Crippen LogP contribution in [0.25, 0.3) is 0 Å². The van der Waals surface area contributed by atoms with E-state index in [1.807, 2.05) is 0 Å². The standard InChI is InChI=1S/C10H20N2S3/c1-5-11(6-2)9(13)15-10(14)12(7-3)8-4/h5-8H2,1-4H3/i1D3,2D3,5D2,6D2. The van der Waals surface area contributed by atoms with Crippen LogP contribution >= 0.6 is 36.2 Å². The van der Waals surface area contributed by atoms with E-state index in [1.54, 1.807) is 18.7 Å². The van der Waals surface area contributed by atoms with Gasteiger partial charge in [0.05, 0.1) is 0 Å². The summed E-state index contributed by atoms with van der Waals surface area (Å²) in [5, 5.41) is 0. The minimum Gasteiger partial charge on any atom is -0.358 e. The van der Waals surface area contributed by atoms with Crippen molar-refractivity contribution in [2.45, 2.75) is 27.6 Å². The van der Waals surface area contributed by atoms with E-state index in [-0.39, 0.29) is 9.22 Å². The predicted octanol–water partition coefficient (Wildman–Crippen LogP) is 2.97. The maximum atomic E-state index is 7.82. The van der Waals surface area contributed by atoms with Gasteiger partial charge in [-0.15, -0.1) is 0 Å². The first-order chi connectivity index (χ1) is 10.9. The molecular formula is C10H20N2S3. The molecule has 5 heteroatoms. The highest BCUT2D eigenvalue weighted by Gasteiger charge is 2.12. The first-order valence-corrected chi connectivity index (χ1v) is 5.89. The van der Waals surface area contributed by atoms with Gasteiger partial charge in [0.1, 0.15) is 8.64 Å². The van der Waals surface area contributed by atoms with Gasteiger partial charge in [0.15, 0.2) is 0 Å². The van der Waals surface area contributed by atoms with Crippen LogP contribution in [0.15, 0.2) is 0 Å². The van der Waals surface area contributed by atoms with Gasteiger partial charge in [0.25, 0.3) is 0 Å². The molecule has 0 atom stereocenters. The Morgan fingerprint density at radius 1 is 1.13 bits per heavy atom. The lowest BCUT2D eigenvalue weighted by Gasteiger charge is -2.25. The molecule has 0 aromatic heterocycles. The number of hydrogen-bond acceptors (Lipinski definition) is 3. The highest BCUT2D eigenvalue weighted by molar-refractivity contribution is 8.37. The molecule has 0 aromatic rings. The van der Waals surface area contributed by atoms with E-state index in [4.69, 9.17) is 38.1 Å². The summed E-state index contributed by atoms with van der Waals surface area (Å²) in [4.78, 5) is 1.65. The maximum absolute atomic E-state index is 7.82. The summed E-state index contributed by atoms with van der Waals surface area (Å²) in [7, 11) is 0. The molecule has 0 unspecified atom stereocenters. The average Bonchev–Trinajstić information content (AvgIpc) is 2.36. The molecule has 0 fully saturated rings. The lowest BCUT2D eigenvalue weighted by atomic mass is 10.6. The molecule has 88 valence electrons. The lowest BCUT2D eigenvalue weighted by molar-refractivity contribution is 0.478. The Hall–Kier alpha value is 0.130. The molecule has 0 aromatic carbocycles. The second-order valence-corrected chi connectivity index (χ2v) is 4.63. The average molecular weight is 275 g/mol. The lowest BCUT2D eigenvalue weighted by Crippen LogP contribution is -2.32. The van der Waals surface area contributed by atoms with Gasteiger partial charge < -0.3 is 9.80 Å². The summed E-state index contributed by atoms with van der Waals surface area (Å²) in [6.45, 7) is -8.77. The molecule has 15 heavy (non-hydrogen) atoms. The van der Waals surface area contributed by atoms with E-state index < -0.39 is 31.0 Å². The first kappa shape index (κ1) is 5.19. The van der Waals surface area contributed by atoms with Gasteiger partial charge in [-0.05, 0) is 39.3 Å². The van der Waals surface area contributed by atoms with Gasteiger partial charge in [0.2, 0.25) is 0 Å². The monoisotopic (exact) mass is 274 g/mol.